The van der Waals surface area contributed by atoms with Gasteiger partial charge >= 0.3 is 6.03 Å². The van der Waals surface area contributed by atoms with Gasteiger partial charge in [-0.3, -0.25) is 4.79 Å². The SMILES string of the molecule is O=C(CON=C1CCN(C(=O)Nc2ccccc2)CC1)Nc1ccc(F)c(F)c1. The number of anilines is 2. The molecule has 9 heteroatoms. The van der Waals surface area contributed by atoms with Crippen molar-refractivity contribution < 1.29 is 23.2 Å². The van der Waals surface area contributed by atoms with E-state index in [2.05, 4.69) is 15.8 Å². The van der Waals surface area contributed by atoms with Crippen LogP contribution in [-0.4, -0.2) is 42.2 Å². The summed E-state index contributed by atoms with van der Waals surface area (Å²) in [6.45, 7) is 0.616. The summed E-state index contributed by atoms with van der Waals surface area (Å²) >= 11 is 0. The van der Waals surface area contributed by atoms with Gasteiger partial charge in [0.2, 0.25) is 0 Å². The molecule has 3 rings (SSSR count). The smallest absolute Gasteiger partial charge is 0.321 e. The summed E-state index contributed by atoms with van der Waals surface area (Å²) in [6, 6.07) is 12.1. The summed E-state index contributed by atoms with van der Waals surface area (Å²) in [7, 11) is 0. The van der Waals surface area contributed by atoms with Gasteiger partial charge in [0.15, 0.2) is 18.2 Å². The lowest BCUT2D eigenvalue weighted by Gasteiger charge is -2.27. The molecule has 0 aromatic heterocycles. The first-order valence-corrected chi connectivity index (χ1v) is 9.05. The van der Waals surface area contributed by atoms with E-state index in [1.807, 2.05) is 30.3 Å². The average Bonchev–Trinajstić information content (AvgIpc) is 2.72. The van der Waals surface area contributed by atoms with Crippen molar-refractivity contribution in [3.05, 3.63) is 60.2 Å². The Labute approximate surface area is 166 Å². The van der Waals surface area contributed by atoms with Crippen LogP contribution in [0.15, 0.2) is 53.7 Å². The Morgan fingerprint density at radius 3 is 2.38 bits per heavy atom. The van der Waals surface area contributed by atoms with Gasteiger partial charge in [0.1, 0.15) is 0 Å². The standard InChI is InChI=1S/C20H20F2N4O3/c21-17-7-6-16(12-18(17)22)23-19(27)13-29-25-15-8-10-26(11-9-15)20(28)24-14-4-2-1-3-5-14/h1-7,12H,8-11,13H2,(H,23,27)(H,24,28). The van der Waals surface area contributed by atoms with Crippen molar-refractivity contribution in [1.29, 1.82) is 0 Å². The molecule has 0 spiro atoms. The van der Waals surface area contributed by atoms with Gasteiger partial charge < -0.3 is 20.4 Å². The number of rotatable bonds is 5. The van der Waals surface area contributed by atoms with Crippen molar-refractivity contribution in [2.24, 2.45) is 5.16 Å². The number of likely N-dealkylation sites (tertiary alicyclic amines) is 1. The van der Waals surface area contributed by atoms with Crippen molar-refractivity contribution in [3.63, 3.8) is 0 Å². The van der Waals surface area contributed by atoms with Crippen LogP contribution < -0.4 is 10.6 Å². The molecule has 2 aromatic rings. The van der Waals surface area contributed by atoms with E-state index in [0.29, 0.717) is 25.9 Å². The molecule has 0 bridgehead atoms. The van der Waals surface area contributed by atoms with Crippen LogP contribution in [0.4, 0.5) is 25.0 Å². The third-order valence-corrected chi connectivity index (χ3v) is 4.25. The zero-order chi connectivity index (χ0) is 20.6. The molecule has 152 valence electrons. The highest BCUT2D eigenvalue weighted by Crippen LogP contribution is 2.14. The third kappa shape index (κ3) is 6.00. The van der Waals surface area contributed by atoms with Crippen LogP contribution in [0, 0.1) is 11.6 Å². The Hall–Kier alpha value is -3.49. The van der Waals surface area contributed by atoms with Crippen molar-refractivity contribution in [2.75, 3.05) is 30.3 Å². The maximum Gasteiger partial charge on any atom is 0.321 e. The quantitative estimate of drug-likeness (QED) is 0.750. The van der Waals surface area contributed by atoms with E-state index in [4.69, 9.17) is 4.84 Å². The molecule has 1 saturated heterocycles. The first-order chi connectivity index (χ1) is 14.0. The van der Waals surface area contributed by atoms with Gasteiger partial charge in [0.05, 0.1) is 5.71 Å². The fourth-order valence-corrected chi connectivity index (χ4v) is 2.74. The second kappa shape index (κ2) is 9.63. The van der Waals surface area contributed by atoms with Gasteiger partial charge in [-0.05, 0) is 24.3 Å². The maximum absolute atomic E-state index is 13.1. The normalized spacial score (nSPS) is 13.6. The number of benzene rings is 2. The number of urea groups is 1. The molecular weight excluding hydrogens is 382 g/mol. The Morgan fingerprint density at radius 2 is 1.69 bits per heavy atom. The van der Waals surface area contributed by atoms with Crippen LogP contribution in [0.2, 0.25) is 0 Å². The number of nitrogens with one attached hydrogen (secondary N) is 2. The summed E-state index contributed by atoms with van der Waals surface area (Å²) in [6.07, 6.45) is 1.07. The van der Waals surface area contributed by atoms with E-state index in [9.17, 15) is 18.4 Å². The molecule has 0 saturated carbocycles. The minimum atomic E-state index is -1.05. The minimum absolute atomic E-state index is 0.128. The number of oxime groups is 1. The number of nitrogens with zero attached hydrogens (tertiary/aromatic N) is 2. The molecule has 1 aliphatic rings. The molecule has 1 aliphatic heterocycles. The highest BCUT2D eigenvalue weighted by atomic mass is 19.2. The number of halogens is 2. The molecular formula is C20H20F2N4O3. The Balaban J connectivity index is 1.39. The molecule has 1 fully saturated rings. The van der Waals surface area contributed by atoms with Crippen LogP contribution in [-0.2, 0) is 9.63 Å². The monoisotopic (exact) mass is 402 g/mol. The second-order valence-corrected chi connectivity index (χ2v) is 6.39. The third-order valence-electron chi connectivity index (χ3n) is 4.25. The van der Waals surface area contributed by atoms with E-state index in [0.717, 1.165) is 23.5 Å². The van der Waals surface area contributed by atoms with Crippen LogP contribution in [0.1, 0.15) is 12.8 Å². The first-order valence-electron chi connectivity index (χ1n) is 9.05. The van der Waals surface area contributed by atoms with E-state index in [1.54, 1.807) is 4.90 Å². The molecule has 0 aliphatic carbocycles. The molecule has 0 atom stereocenters. The Bertz CT molecular complexity index is 896. The zero-order valence-electron chi connectivity index (χ0n) is 15.5. The number of hydrogen-bond acceptors (Lipinski definition) is 4. The zero-order valence-corrected chi connectivity index (χ0v) is 15.5. The van der Waals surface area contributed by atoms with Crippen molar-refractivity contribution in [1.82, 2.24) is 4.90 Å². The van der Waals surface area contributed by atoms with Gasteiger partial charge in [0.25, 0.3) is 5.91 Å². The maximum atomic E-state index is 13.1. The van der Waals surface area contributed by atoms with E-state index < -0.39 is 17.5 Å². The Kier molecular flexibility index (Phi) is 6.72. The highest BCUT2D eigenvalue weighted by molar-refractivity contribution is 5.93. The van der Waals surface area contributed by atoms with Gasteiger partial charge in [-0.25, -0.2) is 13.6 Å². The van der Waals surface area contributed by atoms with Gasteiger partial charge in [-0.1, -0.05) is 23.4 Å². The van der Waals surface area contributed by atoms with Crippen molar-refractivity contribution in [2.45, 2.75) is 12.8 Å². The lowest BCUT2D eigenvalue weighted by molar-refractivity contribution is -0.120. The number of carbonyl (C=O) groups is 2. The molecule has 2 aromatic carbocycles. The van der Waals surface area contributed by atoms with Gasteiger partial charge in [-0.15, -0.1) is 0 Å². The first kappa shape index (κ1) is 20.2. The lowest BCUT2D eigenvalue weighted by Crippen LogP contribution is -2.41. The Morgan fingerprint density at radius 1 is 0.966 bits per heavy atom. The number of para-hydroxylation sites is 1. The van der Waals surface area contributed by atoms with Gasteiger partial charge in [-0.2, -0.15) is 0 Å². The molecule has 2 N–H and O–H groups in total. The average molecular weight is 402 g/mol. The van der Waals surface area contributed by atoms with E-state index >= 15 is 0 Å². The van der Waals surface area contributed by atoms with E-state index in [1.165, 1.54) is 6.07 Å². The molecule has 1 heterocycles. The number of hydrogen-bond donors (Lipinski definition) is 2. The summed E-state index contributed by atoms with van der Waals surface area (Å²) < 4.78 is 26.0. The van der Waals surface area contributed by atoms with Crippen LogP contribution >= 0.6 is 0 Å². The molecule has 0 radical (unpaired) electrons. The largest absolute Gasteiger partial charge is 0.386 e. The van der Waals surface area contributed by atoms with Gasteiger partial charge in [0, 0.05) is 43.4 Å². The topological polar surface area (TPSA) is 83.0 Å². The minimum Gasteiger partial charge on any atom is -0.386 e. The predicted molar refractivity (Wildman–Crippen MR) is 105 cm³/mol. The highest BCUT2D eigenvalue weighted by Gasteiger charge is 2.20. The number of piperidine rings is 1. The van der Waals surface area contributed by atoms with Crippen molar-refractivity contribution >= 4 is 29.0 Å². The number of carbonyl (C=O) groups excluding carboxylic acids is 2. The van der Waals surface area contributed by atoms with Crippen LogP contribution in [0.3, 0.4) is 0 Å². The summed E-state index contributed by atoms with van der Waals surface area (Å²) in [5.74, 6) is -2.58. The summed E-state index contributed by atoms with van der Waals surface area (Å²) in [4.78, 5) is 30.7. The molecule has 0 unspecified atom stereocenters. The van der Waals surface area contributed by atoms with Crippen LogP contribution in [0.25, 0.3) is 0 Å². The molecule has 29 heavy (non-hydrogen) atoms. The molecule has 7 nitrogen and oxygen atoms in total. The fourth-order valence-electron chi connectivity index (χ4n) is 2.74. The van der Waals surface area contributed by atoms with Crippen LogP contribution in [0.5, 0.6) is 0 Å². The fraction of sp³-hybridized carbons (Fsp3) is 0.250. The number of amides is 3. The van der Waals surface area contributed by atoms with E-state index in [-0.39, 0.29) is 18.3 Å². The summed E-state index contributed by atoms with van der Waals surface area (Å²) in [5.41, 5.74) is 1.60. The summed E-state index contributed by atoms with van der Waals surface area (Å²) in [5, 5.41) is 9.16. The van der Waals surface area contributed by atoms with Crippen molar-refractivity contribution in [3.8, 4) is 0 Å². The predicted octanol–water partition coefficient (Wildman–Crippen LogP) is 3.60. The lowest BCUT2D eigenvalue weighted by atomic mass is 10.1. The second-order valence-electron chi connectivity index (χ2n) is 6.39. The molecule has 3 amide bonds.